The van der Waals surface area contributed by atoms with Crippen molar-refractivity contribution in [3.05, 3.63) is 71.8 Å². The lowest BCUT2D eigenvalue weighted by Crippen LogP contribution is -2.40. The first-order valence-corrected chi connectivity index (χ1v) is 15.6. The van der Waals surface area contributed by atoms with Crippen LogP contribution in [0.4, 0.5) is 11.5 Å². The maximum Gasteiger partial charge on any atom is 0.257 e. The number of anilines is 2. The molecule has 1 fully saturated rings. The molecule has 9 nitrogen and oxygen atoms in total. The summed E-state index contributed by atoms with van der Waals surface area (Å²) in [6, 6.07) is 18.4. The molecule has 42 heavy (non-hydrogen) atoms. The molecular weight excluding hydrogens is 550 g/mol. The van der Waals surface area contributed by atoms with Gasteiger partial charge in [-0.05, 0) is 76.8 Å². The quantitative estimate of drug-likeness (QED) is 0.270. The Morgan fingerprint density at radius 3 is 2.33 bits per heavy atom. The van der Waals surface area contributed by atoms with Gasteiger partial charge in [0.1, 0.15) is 11.4 Å². The highest BCUT2D eigenvalue weighted by molar-refractivity contribution is 7.89. The van der Waals surface area contributed by atoms with Crippen LogP contribution < -0.4 is 14.8 Å². The maximum atomic E-state index is 13.3. The lowest BCUT2D eigenvalue weighted by Gasteiger charge is -2.27. The molecule has 0 saturated carbocycles. The van der Waals surface area contributed by atoms with Crippen molar-refractivity contribution in [2.24, 2.45) is 0 Å². The molecule has 0 bridgehead atoms. The van der Waals surface area contributed by atoms with Gasteiger partial charge in [-0.25, -0.2) is 13.1 Å². The van der Waals surface area contributed by atoms with Gasteiger partial charge < -0.3 is 15.0 Å². The minimum absolute atomic E-state index is 0.0485. The molecule has 2 N–H and O–H groups in total. The summed E-state index contributed by atoms with van der Waals surface area (Å²) in [5, 5.41) is 14.0. The van der Waals surface area contributed by atoms with Gasteiger partial charge in [-0.3, -0.25) is 4.79 Å². The van der Waals surface area contributed by atoms with Crippen molar-refractivity contribution in [1.29, 1.82) is 0 Å². The van der Waals surface area contributed by atoms with Crippen LogP contribution >= 0.6 is 0 Å². The molecule has 10 heteroatoms. The molecule has 1 aliphatic rings. The molecule has 2 heterocycles. The number of ether oxygens (including phenoxy) is 1. The topological polar surface area (TPSA) is 114 Å². The van der Waals surface area contributed by atoms with E-state index in [9.17, 15) is 13.2 Å². The van der Waals surface area contributed by atoms with Crippen LogP contribution in [-0.4, -0.2) is 55.2 Å². The number of amides is 1. The third-order valence-electron chi connectivity index (χ3n) is 7.21. The van der Waals surface area contributed by atoms with E-state index in [4.69, 9.17) is 4.74 Å². The Bertz CT molecular complexity index is 1740. The molecule has 1 amide bonds. The zero-order valence-corrected chi connectivity index (χ0v) is 25.5. The average molecular weight is 588 g/mol. The number of sulfonamides is 1. The van der Waals surface area contributed by atoms with Gasteiger partial charge in [-0.2, -0.15) is 0 Å². The average Bonchev–Trinajstić information content (AvgIpc) is 2.96. The van der Waals surface area contributed by atoms with Crippen molar-refractivity contribution in [2.75, 3.05) is 25.5 Å². The Kier molecular flexibility index (Phi) is 8.21. The van der Waals surface area contributed by atoms with Gasteiger partial charge in [0.25, 0.3) is 5.91 Å². The number of methoxy groups -OCH3 is 1. The minimum atomic E-state index is -3.76. The zero-order chi connectivity index (χ0) is 30.1. The van der Waals surface area contributed by atoms with E-state index in [0.29, 0.717) is 39.6 Å². The van der Waals surface area contributed by atoms with Gasteiger partial charge >= 0.3 is 0 Å². The Hall–Kier alpha value is -4.02. The predicted molar refractivity (Wildman–Crippen MR) is 166 cm³/mol. The van der Waals surface area contributed by atoms with E-state index in [1.807, 2.05) is 62.1 Å². The summed E-state index contributed by atoms with van der Waals surface area (Å²) in [6.07, 6.45) is 3.14. The molecule has 0 unspecified atom stereocenters. The third-order valence-corrected chi connectivity index (χ3v) is 9.11. The molecule has 0 radical (unpaired) electrons. The van der Waals surface area contributed by atoms with E-state index in [0.717, 1.165) is 43.1 Å². The molecule has 4 aromatic rings. The van der Waals surface area contributed by atoms with E-state index in [2.05, 4.69) is 20.2 Å². The van der Waals surface area contributed by atoms with E-state index in [1.165, 1.54) is 0 Å². The van der Waals surface area contributed by atoms with Crippen molar-refractivity contribution in [2.45, 2.75) is 57.4 Å². The number of piperidine rings is 1. The zero-order valence-electron chi connectivity index (χ0n) is 24.7. The first-order chi connectivity index (χ1) is 20.0. The van der Waals surface area contributed by atoms with Gasteiger partial charge in [0.2, 0.25) is 10.0 Å². The summed E-state index contributed by atoms with van der Waals surface area (Å²) < 4.78 is 34.7. The van der Waals surface area contributed by atoms with Gasteiger partial charge in [0.05, 0.1) is 17.6 Å². The third kappa shape index (κ3) is 6.24. The van der Waals surface area contributed by atoms with Crippen LogP contribution in [0, 0.1) is 6.92 Å². The Morgan fingerprint density at radius 1 is 0.929 bits per heavy atom. The lowest BCUT2D eigenvalue weighted by molar-refractivity contribution is 0.0721. The SMILES string of the molecule is COc1ccc(Nc2nnc(-c3ccc(C)c(S(=O)(=O)NC(C)(C)C)c3)c3ccccc23)cc1C(=O)N1CCCCC1. The van der Waals surface area contributed by atoms with E-state index in [-0.39, 0.29) is 10.8 Å². The largest absolute Gasteiger partial charge is 0.496 e. The number of nitrogens with one attached hydrogen (secondary N) is 2. The molecule has 1 aliphatic heterocycles. The summed E-state index contributed by atoms with van der Waals surface area (Å²) in [5.74, 6) is 0.992. The van der Waals surface area contributed by atoms with Crippen LogP contribution in [0.3, 0.4) is 0 Å². The highest BCUT2D eigenvalue weighted by Crippen LogP contribution is 2.34. The fourth-order valence-corrected chi connectivity index (χ4v) is 6.95. The van der Waals surface area contributed by atoms with Crippen molar-refractivity contribution in [1.82, 2.24) is 19.8 Å². The highest BCUT2D eigenvalue weighted by Gasteiger charge is 2.25. The molecule has 1 aromatic heterocycles. The van der Waals surface area contributed by atoms with Crippen LogP contribution in [0.15, 0.2) is 65.6 Å². The molecule has 1 saturated heterocycles. The molecule has 5 rings (SSSR count). The first-order valence-electron chi connectivity index (χ1n) is 14.1. The van der Waals surface area contributed by atoms with E-state index < -0.39 is 15.6 Å². The second kappa shape index (κ2) is 11.7. The Morgan fingerprint density at radius 2 is 1.64 bits per heavy atom. The fraction of sp³-hybridized carbons (Fsp3) is 0.344. The number of carbonyl (C=O) groups excluding carboxylic acids is 1. The number of hydrogen-bond acceptors (Lipinski definition) is 7. The summed E-state index contributed by atoms with van der Waals surface area (Å²) >= 11 is 0. The standard InChI is InChI=1S/C32H37N5O4S/c1-21-13-14-22(19-28(21)42(39,40)36-32(2,3)4)29-24-11-7-8-12-25(24)30(35-34-29)33-23-15-16-27(41-5)26(20-23)31(38)37-17-9-6-10-18-37/h7-8,11-16,19-20,36H,6,9-10,17-18H2,1-5H3,(H,33,35). The van der Waals surface area contributed by atoms with Crippen LogP contribution in [0.5, 0.6) is 5.75 Å². The van der Waals surface area contributed by atoms with Crippen molar-refractivity contribution in [3.8, 4) is 17.0 Å². The Balaban J connectivity index is 1.52. The van der Waals surface area contributed by atoms with Crippen LogP contribution in [0.2, 0.25) is 0 Å². The number of likely N-dealkylation sites (tertiary alicyclic amines) is 1. The second-order valence-corrected chi connectivity index (χ2v) is 13.3. The molecule has 0 atom stereocenters. The summed E-state index contributed by atoms with van der Waals surface area (Å²) in [5.41, 5.74) is 2.40. The van der Waals surface area contributed by atoms with E-state index in [1.54, 1.807) is 38.3 Å². The minimum Gasteiger partial charge on any atom is -0.496 e. The molecule has 0 spiro atoms. The van der Waals surface area contributed by atoms with Gasteiger partial charge in [0, 0.05) is 40.7 Å². The number of aromatic nitrogens is 2. The molecule has 3 aromatic carbocycles. The number of carbonyl (C=O) groups is 1. The lowest BCUT2D eigenvalue weighted by atomic mass is 10.0. The monoisotopic (exact) mass is 587 g/mol. The predicted octanol–water partition coefficient (Wildman–Crippen LogP) is 6.06. The van der Waals surface area contributed by atoms with Crippen molar-refractivity contribution < 1.29 is 17.9 Å². The number of benzene rings is 3. The number of fused-ring (bicyclic) bond motifs is 1. The van der Waals surface area contributed by atoms with Gasteiger partial charge in [-0.1, -0.05) is 36.4 Å². The number of hydrogen-bond donors (Lipinski definition) is 2. The first kappa shape index (κ1) is 29.5. The summed E-state index contributed by atoms with van der Waals surface area (Å²) in [4.78, 5) is 15.4. The normalized spacial score (nSPS) is 14.2. The van der Waals surface area contributed by atoms with Crippen molar-refractivity contribution in [3.63, 3.8) is 0 Å². The summed E-state index contributed by atoms with van der Waals surface area (Å²) in [6.45, 7) is 8.69. The molecular formula is C32H37N5O4S. The van der Waals surface area contributed by atoms with Crippen LogP contribution in [0.1, 0.15) is 56.0 Å². The van der Waals surface area contributed by atoms with Crippen LogP contribution in [0.25, 0.3) is 22.0 Å². The summed E-state index contributed by atoms with van der Waals surface area (Å²) in [7, 11) is -2.19. The highest BCUT2D eigenvalue weighted by atomic mass is 32.2. The van der Waals surface area contributed by atoms with Crippen LogP contribution in [-0.2, 0) is 10.0 Å². The molecule has 220 valence electrons. The van der Waals surface area contributed by atoms with E-state index >= 15 is 0 Å². The molecule has 0 aliphatic carbocycles. The fourth-order valence-electron chi connectivity index (χ4n) is 5.26. The number of rotatable bonds is 7. The smallest absolute Gasteiger partial charge is 0.257 e. The van der Waals surface area contributed by atoms with Crippen molar-refractivity contribution >= 4 is 38.2 Å². The van der Waals surface area contributed by atoms with Gasteiger partial charge in [0.15, 0.2) is 5.82 Å². The second-order valence-electron chi connectivity index (χ2n) is 11.7. The maximum absolute atomic E-state index is 13.3. The number of nitrogens with zero attached hydrogens (tertiary/aromatic N) is 3. The number of aryl methyl sites for hydroxylation is 1. The van der Waals surface area contributed by atoms with Gasteiger partial charge in [-0.15, -0.1) is 10.2 Å². The Labute approximate surface area is 247 Å².